The molecule has 118 valence electrons. The number of anilines is 1. The normalized spacial score (nSPS) is 11.0. The van der Waals surface area contributed by atoms with Gasteiger partial charge in [0.05, 0.1) is 6.42 Å². The van der Waals surface area contributed by atoms with Gasteiger partial charge in [0.1, 0.15) is 6.33 Å². The zero-order valence-corrected chi connectivity index (χ0v) is 13.8. The number of rotatable bonds is 3. The average Bonchev–Trinajstić information content (AvgIpc) is 2.95. The van der Waals surface area contributed by atoms with Crippen LogP contribution >= 0.6 is 11.6 Å². The van der Waals surface area contributed by atoms with Crippen molar-refractivity contribution in [2.75, 3.05) is 5.32 Å². The Morgan fingerprint density at radius 3 is 2.87 bits per heavy atom. The molecule has 0 unspecified atom stereocenters. The lowest BCUT2D eigenvalue weighted by Crippen LogP contribution is -2.18. The van der Waals surface area contributed by atoms with Crippen molar-refractivity contribution in [2.45, 2.75) is 27.2 Å². The predicted octanol–water partition coefficient (Wildman–Crippen LogP) is 2.88. The molecule has 6 nitrogen and oxygen atoms in total. The van der Waals surface area contributed by atoms with Crippen LogP contribution in [0.4, 0.5) is 5.69 Å². The Morgan fingerprint density at radius 1 is 1.30 bits per heavy atom. The Bertz CT molecular complexity index is 903. The molecule has 0 fully saturated rings. The number of carbonyl (C=O) groups is 1. The van der Waals surface area contributed by atoms with Crippen molar-refractivity contribution in [1.82, 2.24) is 19.6 Å². The first-order valence-corrected chi connectivity index (χ1v) is 7.55. The maximum Gasteiger partial charge on any atom is 0.252 e. The third kappa shape index (κ3) is 3.03. The smallest absolute Gasteiger partial charge is 0.252 e. The summed E-state index contributed by atoms with van der Waals surface area (Å²) >= 11 is 5.98. The minimum Gasteiger partial charge on any atom is -0.326 e. The molecule has 2 heterocycles. The highest BCUT2D eigenvalue weighted by Gasteiger charge is 2.15. The molecule has 0 saturated carbocycles. The van der Waals surface area contributed by atoms with Crippen LogP contribution in [0.2, 0.25) is 5.02 Å². The zero-order valence-electron chi connectivity index (χ0n) is 13.1. The molecular weight excluding hydrogens is 314 g/mol. The number of halogens is 1. The number of amides is 1. The highest BCUT2D eigenvalue weighted by atomic mass is 35.5. The number of hydrogen-bond donors (Lipinski definition) is 1. The fourth-order valence-electron chi connectivity index (χ4n) is 2.50. The molecule has 3 aromatic rings. The molecule has 0 spiro atoms. The minimum atomic E-state index is -0.122. The van der Waals surface area contributed by atoms with Crippen molar-refractivity contribution in [1.29, 1.82) is 0 Å². The number of benzene rings is 1. The fourth-order valence-corrected chi connectivity index (χ4v) is 2.67. The van der Waals surface area contributed by atoms with Gasteiger partial charge in [-0.05, 0) is 38.5 Å². The predicted molar refractivity (Wildman–Crippen MR) is 88.8 cm³/mol. The third-order valence-corrected chi connectivity index (χ3v) is 4.03. The lowest BCUT2D eigenvalue weighted by atomic mass is 10.1. The topological polar surface area (TPSA) is 72.2 Å². The molecule has 1 amide bonds. The van der Waals surface area contributed by atoms with Gasteiger partial charge < -0.3 is 5.32 Å². The second-order valence-corrected chi connectivity index (χ2v) is 5.85. The Hall–Kier alpha value is -2.47. The summed E-state index contributed by atoms with van der Waals surface area (Å²) in [5.41, 5.74) is 4.16. The first-order valence-electron chi connectivity index (χ1n) is 7.17. The average molecular weight is 330 g/mol. The molecule has 23 heavy (non-hydrogen) atoms. The van der Waals surface area contributed by atoms with Crippen LogP contribution < -0.4 is 5.32 Å². The van der Waals surface area contributed by atoms with Gasteiger partial charge in [0.25, 0.3) is 5.78 Å². The molecule has 0 atom stereocenters. The van der Waals surface area contributed by atoms with E-state index in [9.17, 15) is 4.79 Å². The maximum atomic E-state index is 12.4. The van der Waals surface area contributed by atoms with Crippen LogP contribution in [0.1, 0.15) is 22.5 Å². The quantitative estimate of drug-likeness (QED) is 0.802. The number of aromatic nitrogens is 4. The van der Waals surface area contributed by atoms with Crippen molar-refractivity contribution < 1.29 is 4.79 Å². The first-order chi connectivity index (χ1) is 11.0. The van der Waals surface area contributed by atoms with Gasteiger partial charge in [-0.15, -0.1) is 0 Å². The standard InChI is InChI=1S/C16H16ClN5O/c1-9-4-5-12(17)6-14(9)21-15(23)7-13-10(2)20-16-18-8-19-22(16)11(13)3/h4-6,8H,7H2,1-3H3,(H,21,23). The number of nitrogens with one attached hydrogen (secondary N) is 1. The van der Waals surface area contributed by atoms with E-state index >= 15 is 0 Å². The van der Waals surface area contributed by atoms with Crippen molar-refractivity contribution in [3.8, 4) is 0 Å². The summed E-state index contributed by atoms with van der Waals surface area (Å²) in [6, 6.07) is 5.41. The van der Waals surface area contributed by atoms with Gasteiger partial charge >= 0.3 is 0 Å². The van der Waals surface area contributed by atoms with Gasteiger partial charge in [0, 0.05) is 27.7 Å². The molecule has 1 aromatic carbocycles. The molecular formula is C16H16ClN5O. The molecule has 0 bridgehead atoms. The SMILES string of the molecule is Cc1ccc(Cl)cc1NC(=O)Cc1c(C)nc2ncnn2c1C. The van der Waals surface area contributed by atoms with E-state index in [2.05, 4.69) is 20.4 Å². The van der Waals surface area contributed by atoms with Crippen LogP contribution in [0.5, 0.6) is 0 Å². The molecule has 7 heteroatoms. The summed E-state index contributed by atoms with van der Waals surface area (Å²) in [7, 11) is 0. The molecule has 2 aromatic heterocycles. The molecule has 0 saturated heterocycles. The summed E-state index contributed by atoms with van der Waals surface area (Å²) in [5.74, 6) is 0.415. The first kappa shape index (κ1) is 15.4. The van der Waals surface area contributed by atoms with E-state index in [4.69, 9.17) is 11.6 Å². The van der Waals surface area contributed by atoms with Gasteiger partial charge in [-0.25, -0.2) is 9.50 Å². The number of fused-ring (bicyclic) bond motifs is 1. The summed E-state index contributed by atoms with van der Waals surface area (Å²) in [6.45, 7) is 5.70. The number of nitrogens with zero attached hydrogens (tertiary/aromatic N) is 4. The van der Waals surface area contributed by atoms with Crippen LogP contribution in [0.15, 0.2) is 24.5 Å². The number of carbonyl (C=O) groups excluding carboxylic acids is 1. The van der Waals surface area contributed by atoms with Gasteiger partial charge in [-0.3, -0.25) is 4.79 Å². The van der Waals surface area contributed by atoms with E-state index < -0.39 is 0 Å². The van der Waals surface area contributed by atoms with Crippen LogP contribution in [0, 0.1) is 20.8 Å². The lowest BCUT2D eigenvalue weighted by molar-refractivity contribution is -0.115. The summed E-state index contributed by atoms with van der Waals surface area (Å²) < 4.78 is 1.64. The number of hydrogen-bond acceptors (Lipinski definition) is 4. The molecule has 1 N–H and O–H groups in total. The van der Waals surface area contributed by atoms with Gasteiger partial charge in [-0.2, -0.15) is 10.1 Å². The van der Waals surface area contributed by atoms with Crippen LogP contribution in [-0.4, -0.2) is 25.5 Å². The van der Waals surface area contributed by atoms with Crippen molar-refractivity contribution in [3.05, 3.63) is 52.1 Å². The van der Waals surface area contributed by atoms with Crippen molar-refractivity contribution >= 4 is 29.0 Å². The van der Waals surface area contributed by atoms with Crippen molar-refractivity contribution in [2.24, 2.45) is 0 Å². The monoisotopic (exact) mass is 329 g/mol. The highest BCUT2D eigenvalue weighted by molar-refractivity contribution is 6.31. The van der Waals surface area contributed by atoms with Gasteiger partial charge in [0.2, 0.25) is 5.91 Å². The summed E-state index contributed by atoms with van der Waals surface area (Å²) in [5, 5.41) is 7.62. The molecule has 0 aliphatic carbocycles. The highest BCUT2D eigenvalue weighted by Crippen LogP contribution is 2.21. The third-order valence-electron chi connectivity index (χ3n) is 3.80. The maximum absolute atomic E-state index is 12.4. The molecule has 0 aliphatic heterocycles. The van der Waals surface area contributed by atoms with Crippen molar-refractivity contribution in [3.63, 3.8) is 0 Å². The van der Waals surface area contributed by atoms with E-state index in [1.54, 1.807) is 16.6 Å². The van der Waals surface area contributed by atoms with Crippen LogP contribution in [-0.2, 0) is 11.2 Å². The van der Waals surface area contributed by atoms with E-state index in [0.717, 1.165) is 22.5 Å². The second kappa shape index (κ2) is 5.96. The molecule has 0 radical (unpaired) electrons. The van der Waals surface area contributed by atoms with E-state index in [1.807, 2.05) is 26.8 Å². The Balaban J connectivity index is 1.87. The van der Waals surface area contributed by atoms with Gasteiger partial charge in [-0.1, -0.05) is 17.7 Å². The second-order valence-electron chi connectivity index (χ2n) is 5.42. The number of aryl methyl sites for hydroxylation is 3. The van der Waals surface area contributed by atoms with Crippen LogP contribution in [0.3, 0.4) is 0 Å². The van der Waals surface area contributed by atoms with Crippen LogP contribution in [0.25, 0.3) is 5.78 Å². The molecule has 3 rings (SSSR count). The fraction of sp³-hybridized carbons (Fsp3) is 0.250. The minimum absolute atomic E-state index is 0.122. The van der Waals surface area contributed by atoms with E-state index in [-0.39, 0.29) is 12.3 Å². The summed E-state index contributed by atoms with van der Waals surface area (Å²) in [4.78, 5) is 20.8. The van der Waals surface area contributed by atoms with E-state index in [1.165, 1.54) is 6.33 Å². The zero-order chi connectivity index (χ0) is 16.6. The van der Waals surface area contributed by atoms with E-state index in [0.29, 0.717) is 16.5 Å². The summed E-state index contributed by atoms with van der Waals surface area (Å²) in [6.07, 6.45) is 1.67. The Kier molecular flexibility index (Phi) is 4.00. The van der Waals surface area contributed by atoms with Gasteiger partial charge in [0.15, 0.2) is 0 Å². The Morgan fingerprint density at radius 2 is 2.09 bits per heavy atom. The lowest BCUT2D eigenvalue weighted by Gasteiger charge is -2.12. The largest absolute Gasteiger partial charge is 0.326 e. The Labute approximate surface area is 138 Å². The molecule has 0 aliphatic rings.